The van der Waals surface area contributed by atoms with Gasteiger partial charge in [0.05, 0.1) is 19.3 Å². The fraction of sp³-hybridized carbons (Fsp3) is 0.462. The minimum absolute atomic E-state index is 0.141. The number of benzene rings is 1. The van der Waals surface area contributed by atoms with Crippen LogP contribution < -0.4 is 15.4 Å². The van der Waals surface area contributed by atoms with Crippen LogP contribution in [0.1, 0.15) is 6.92 Å². The molecule has 1 rings (SSSR count). The maximum absolute atomic E-state index is 11.0. The van der Waals surface area contributed by atoms with Gasteiger partial charge in [-0.25, -0.2) is 0 Å². The predicted molar refractivity (Wildman–Crippen MR) is 73.6 cm³/mol. The van der Waals surface area contributed by atoms with Gasteiger partial charge >= 0.3 is 0 Å². The fourth-order valence-corrected chi connectivity index (χ4v) is 1.56. The summed E-state index contributed by atoms with van der Waals surface area (Å²) in [6, 6.07) is 5.42. The van der Waals surface area contributed by atoms with Gasteiger partial charge in [-0.2, -0.15) is 0 Å². The maximum Gasteiger partial charge on any atom is 0.221 e. The predicted octanol–water partition coefficient (Wildman–Crippen LogP) is 1.68. The molecule has 1 amide bonds. The van der Waals surface area contributed by atoms with Gasteiger partial charge in [-0.1, -0.05) is 0 Å². The molecule has 0 aromatic heterocycles. The summed E-state index contributed by atoms with van der Waals surface area (Å²) in [7, 11) is 4.71. The van der Waals surface area contributed by atoms with Gasteiger partial charge in [-0.3, -0.25) is 4.79 Å². The van der Waals surface area contributed by atoms with Gasteiger partial charge in [-0.05, 0) is 12.1 Å². The van der Waals surface area contributed by atoms with Crippen LogP contribution in [0, 0.1) is 0 Å². The molecule has 0 aliphatic carbocycles. The van der Waals surface area contributed by atoms with E-state index in [4.69, 9.17) is 14.2 Å². The molecule has 19 heavy (non-hydrogen) atoms. The van der Waals surface area contributed by atoms with Crippen LogP contribution in [-0.4, -0.2) is 40.1 Å². The number of carbonyl (C=O) groups excluding carboxylic acids is 1. The Labute approximate surface area is 113 Å². The van der Waals surface area contributed by atoms with Gasteiger partial charge in [0.1, 0.15) is 5.75 Å². The lowest BCUT2D eigenvalue weighted by Gasteiger charge is -2.16. The normalized spacial score (nSPS) is 10.4. The second-order valence-corrected chi connectivity index (χ2v) is 3.88. The Bertz CT molecular complexity index is 419. The first kappa shape index (κ1) is 15.3. The van der Waals surface area contributed by atoms with Crippen LogP contribution in [0.4, 0.5) is 11.4 Å². The molecule has 0 aliphatic heterocycles. The first-order valence-corrected chi connectivity index (χ1v) is 5.85. The minimum atomic E-state index is -0.319. The zero-order valence-corrected chi connectivity index (χ0v) is 11.6. The summed E-state index contributed by atoms with van der Waals surface area (Å²) in [5.74, 6) is 0.449. The molecule has 0 atom stereocenters. The van der Waals surface area contributed by atoms with Crippen molar-refractivity contribution < 1.29 is 19.0 Å². The third-order valence-corrected chi connectivity index (χ3v) is 2.51. The lowest BCUT2D eigenvalue weighted by Crippen LogP contribution is -2.23. The number of nitrogens with one attached hydrogen (secondary N) is 2. The molecule has 1 aromatic rings. The molecule has 0 spiro atoms. The van der Waals surface area contributed by atoms with E-state index in [-0.39, 0.29) is 12.2 Å². The average molecular weight is 268 g/mol. The van der Waals surface area contributed by atoms with Gasteiger partial charge in [0.15, 0.2) is 6.29 Å². The van der Waals surface area contributed by atoms with Gasteiger partial charge in [0.25, 0.3) is 0 Å². The third-order valence-electron chi connectivity index (χ3n) is 2.51. The van der Waals surface area contributed by atoms with E-state index in [1.807, 2.05) is 6.07 Å². The maximum atomic E-state index is 11.0. The average Bonchev–Trinajstić information content (AvgIpc) is 2.40. The standard InChI is InChI=1S/C13H20N2O4/c1-9(16)15-11-6-5-10(7-12(11)17-2)14-8-13(18-3)19-4/h5-7,13-14H,8H2,1-4H3,(H,15,16). The van der Waals surface area contributed by atoms with Crippen LogP contribution in [0.15, 0.2) is 18.2 Å². The monoisotopic (exact) mass is 268 g/mol. The fourth-order valence-electron chi connectivity index (χ4n) is 1.56. The van der Waals surface area contributed by atoms with Gasteiger partial charge < -0.3 is 24.8 Å². The summed E-state index contributed by atoms with van der Waals surface area (Å²) >= 11 is 0. The molecule has 0 bridgehead atoms. The molecule has 1 aromatic carbocycles. The summed E-state index contributed by atoms with van der Waals surface area (Å²) in [5.41, 5.74) is 1.49. The molecule has 0 saturated carbocycles. The topological polar surface area (TPSA) is 68.8 Å². The molecular weight excluding hydrogens is 248 g/mol. The van der Waals surface area contributed by atoms with E-state index < -0.39 is 0 Å². The third kappa shape index (κ3) is 4.76. The van der Waals surface area contributed by atoms with Crippen molar-refractivity contribution in [1.82, 2.24) is 0 Å². The molecule has 106 valence electrons. The SMILES string of the molecule is COc1cc(NCC(OC)OC)ccc1NC(C)=O. The van der Waals surface area contributed by atoms with E-state index in [1.54, 1.807) is 33.5 Å². The van der Waals surface area contributed by atoms with Gasteiger partial charge in [-0.15, -0.1) is 0 Å². The first-order chi connectivity index (χ1) is 9.10. The molecule has 0 saturated heterocycles. The smallest absolute Gasteiger partial charge is 0.221 e. The lowest BCUT2D eigenvalue weighted by molar-refractivity contribution is -0.114. The Kier molecular flexibility index (Phi) is 6.11. The number of anilines is 2. The van der Waals surface area contributed by atoms with E-state index >= 15 is 0 Å². The molecule has 0 fully saturated rings. The van der Waals surface area contributed by atoms with Crippen molar-refractivity contribution in [3.63, 3.8) is 0 Å². The summed E-state index contributed by atoms with van der Waals surface area (Å²) in [6.45, 7) is 1.96. The molecule has 0 heterocycles. The first-order valence-electron chi connectivity index (χ1n) is 5.85. The Morgan fingerprint density at radius 3 is 2.47 bits per heavy atom. The summed E-state index contributed by atoms with van der Waals surface area (Å²) in [5, 5.41) is 5.86. The van der Waals surface area contributed by atoms with Crippen LogP contribution in [0.3, 0.4) is 0 Å². The highest BCUT2D eigenvalue weighted by molar-refractivity contribution is 5.90. The summed E-state index contributed by atoms with van der Waals surface area (Å²) in [4.78, 5) is 11.0. The number of rotatable bonds is 7. The van der Waals surface area contributed by atoms with Crippen molar-refractivity contribution in [2.45, 2.75) is 13.2 Å². The Morgan fingerprint density at radius 2 is 1.95 bits per heavy atom. The molecule has 2 N–H and O–H groups in total. The highest BCUT2D eigenvalue weighted by Gasteiger charge is 2.08. The zero-order chi connectivity index (χ0) is 14.3. The number of ether oxygens (including phenoxy) is 3. The van der Waals surface area contributed by atoms with Crippen LogP contribution in [0.2, 0.25) is 0 Å². The Hall–Kier alpha value is -1.79. The van der Waals surface area contributed by atoms with Crippen LogP contribution >= 0.6 is 0 Å². The van der Waals surface area contributed by atoms with E-state index in [0.29, 0.717) is 18.0 Å². The number of methoxy groups -OCH3 is 3. The molecule has 0 aliphatic rings. The number of hydrogen-bond donors (Lipinski definition) is 2. The molecule has 6 nitrogen and oxygen atoms in total. The molecule has 0 unspecified atom stereocenters. The van der Waals surface area contributed by atoms with Crippen molar-refractivity contribution in [1.29, 1.82) is 0 Å². The van der Waals surface area contributed by atoms with Crippen LogP contribution in [-0.2, 0) is 14.3 Å². The second-order valence-electron chi connectivity index (χ2n) is 3.88. The second kappa shape index (κ2) is 7.60. The molecule has 6 heteroatoms. The van der Waals surface area contributed by atoms with Crippen molar-refractivity contribution in [2.75, 3.05) is 38.5 Å². The van der Waals surface area contributed by atoms with Gasteiger partial charge in [0, 0.05) is 32.9 Å². The van der Waals surface area contributed by atoms with Gasteiger partial charge in [0.2, 0.25) is 5.91 Å². The summed E-state index contributed by atoms with van der Waals surface area (Å²) < 4.78 is 15.4. The highest BCUT2D eigenvalue weighted by atomic mass is 16.7. The molecule has 0 radical (unpaired) electrons. The highest BCUT2D eigenvalue weighted by Crippen LogP contribution is 2.27. The zero-order valence-electron chi connectivity index (χ0n) is 11.6. The summed E-state index contributed by atoms with van der Waals surface area (Å²) in [6.07, 6.45) is -0.319. The van der Waals surface area contributed by atoms with E-state index in [1.165, 1.54) is 6.92 Å². The van der Waals surface area contributed by atoms with Crippen molar-refractivity contribution in [2.24, 2.45) is 0 Å². The largest absolute Gasteiger partial charge is 0.494 e. The van der Waals surface area contributed by atoms with E-state index in [0.717, 1.165) is 5.69 Å². The Morgan fingerprint density at radius 1 is 1.26 bits per heavy atom. The van der Waals surface area contributed by atoms with E-state index in [2.05, 4.69) is 10.6 Å². The minimum Gasteiger partial charge on any atom is -0.494 e. The molecular formula is C13H20N2O4. The van der Waals surface area contributed by atoms with Crippen LogP contribution in [0.5, 0.6) is 5.75 Å². The van der Waals surface area contributed by atoms with Crippen molar-refractivity contribution >= 4 is 17.3 Å². The van der Waals surface area contributed by atoms with E-state index in [9.17, 15) is 4.79 Å². The lowest BCUT2D eigenvalue weighted by atomic mass is 10.2. The Balaban J connectivity index is 2.73. The van der Waals surface area contributed by atoms with Crippen molar-refractivity contribution in [3.05, 3.63) is 18.2 Å². The van der Waals surface area contributed by atoms with Crippen molar-refractivity contribution in [3.8, 4) is 5.75 Å². The number of amides is 1. The van der Waals surface area contributed by atoms with Crippen LogP contribution in [0.25, 0.3) is 0 Å². The number of hydrogen-bond acceptors (Lipinski definition) is 5. The number of carbonyl (C=O) groups is 1. The quantitative estimate of drug-likeness (QED) is 0.736.